The number of carbonyl (C=O) groups excluding carboxylic acids is 1. The SMILES string of the molecule is C=CC(=O)Nc1cc(Cl)cc(-c2ccc3nccc(NC)c3c2)c1. The predicted octanol–water partition coefficient (Wildman–Crippen LogP) is 4.72. The summed E-state index contributed by atoms with van der Waals surface area (Å²) < 4.78 is 0. The highest BCUT2D eigenvalue weighted by atomic mass is 35.5. The third kappa shape index (κ3) is 3.24. The number of hydrogen-bond acceptors (Lipinski definition) is 3. The summed E-state index contributed by atoms with van der Waals surface area (Å²) in [7, 11) is 1.88. The quantitative estimate of drug-likeness (QED) is 0.677. The van der Waals surface area contributed by atoms with Crippen LogP contribution in [0.4, 0.5) is 11.4 Å². The lowest BCUT2D eigenvalue weighted by Gasteiger charge is -2.10. The second-order valence-electron chi connectivity index (χ2n) is 5.26. The van der Waals surface area contributed by atoms with Crippen molar-refractivity contribution in [3.05, 3.63) is 66.3 Å². The van der Waals surface area contributed by atoms with Crippen molar-refractivity contribution in [2.75, 3.05) is 17.7 Å². The molecule has 1 amide bonds. The summed E-state index contributed by atoms with van der Waals surface area (Å²) in [6.07, 6.45) is 3.00. The highest BCUT2D eigenvalue weighted by Crippen LogP contribution is 2.31. The first-order valence-corrected chi connectivity index (χ1v) is 7.79. The molecule has 5 heteroatoms. The summed E-state index contributed by atoms with van der Waals surface area (Å²) >= 11 is 6.20. The van der Waals surface area contributed by atoms with Gasteiger partial charge in [-0.2, -0.15) is 0 Å². The highest BCUT2D eigenvalue weighted by molar-refractivity contribution is 6.31. The van der Waals surface area contributed by atoms with E-state index in [9.17, 15) is 4.79 Å². The zero-order chi connectivity index (χ0) is 17.1. The maximum Gasteiger partial charge on any atom is 0.247 e. The molecule has 24 heavy (non-hydrogen) atoms. The molecule has 0 aliphatic heterocycles. The molecule has 1 heterocycles. The largest absolute Gasteiger partial charge is 0.388 e. The maximum atomic E-state index is 11.5. The first-order valence-electron chi connectivity index (χ1n) is 7.41. The Hall–Kier alpha value is -2.85. The molecule has 0 saturated heterocycles. The monoisotopic (exact) mass is 337 g/mol. The van der Waals surface area contributed by atoms with Crippen LogP contribution >= 0.6 is 11.6 Å². The number of nitrogens with zero attached hydrogens (tertiary/aromatic N) is 1. The lowest BCUT2D eigenvalue weighted by Crippen LogP contribution is -2.07. The standard InChI is InChI=1S/C19H16ClN3O/c1-3-19(24)23-15-9-13(8-14(20)11-15)12-4-5-18-16(10-12)17(21-2)6-7-22-18/h3-11H,1H2,2H3,(H,21,22)(H,23,24). The van der Waals surface area contributed by atoms with E-state index >= 15 is 0 Å². The van der Waals surface area contributed by atoms with Gasteiger partial charge >= 0.3 is 0 Å². The summed E-state index contributed by atoms with van der Waals surface area (Å²) in [6.45, 7) is 3.45. The molecule has 0 radical (unpaired) electrons. The fraction of sp³-hybridized carbons (Fsp3) is 0.0526. The Morgan fingerprint density at radius 1 is 1.17 bits per heavy atom. The van der Waals surface area contributed by atoms with E-state index in [0.29, 0.717) is 10.7 Å². The number of hydrogen-bond donors (Lipinski definition) is 2. The van der Waals surface area contributed by atoms with E-state index in [2.05, 4.69) is 28.3 Å². The average Bonchev–Trinajstić information content (AvgIpc) is 2.60. The number of benzene rings is 2. The average molecular weight is 338 g/mol. The molecule has 0 fully saturated rings. The van der Waals surface area contributed by atoms with Gasteiger partial charge in [0.25, 0.3) is 0 Å². The molecule has 0 saturated carbocycles. The van der Waals surface area contributed by atoms with Gasteiger partial charge in [-0.1, -0.05) is 24.2 Å². The number of anilines is 2. The van der Waals surface area contributed by atoms with Gasteiger partial charge in [0, 0.05) is 35.0 Å². The number of halogens is 1. The molecule has 3 rings (SSSR count). The Labute approximate surface area is 145 Å². The molecule has 2 aromatic carbocycles. The van der Waals surface area contributed by atoms with Crippen molar-refractivity contribution in [2.45, 2.75) is 0 Å². The van der Waals surface area contributed by atoms with Gasteiger partial charge in [0.2, 0.25) is 5.91 Å². The van der Waals surface area contributed by atoms with Crippen LogP contribution in [0.3, 0.4) is 0 Å². The first kappa shape index (κ1) is 16.0. The van der Waals surface area contributed by atoms with Crippen LogP contribution in [0.1, 0.15) is 0 Å². The van der Waals surface area contributed by atoms with E-state index in [4.69, 9.17) is 11.6 Å². The second-order valence-corrected chi connectivity index (χ2v) is 5.70. The zero-order valence-electron chi connectivity index (χ0n) is 13.1. The summed E-state index contributed by atoms with van der Waals surface area (Å²) in [5.41, 5.74) is 4.44. The van der Waals surface area contributed by atoms with Crippen LogP contribution < -0.4 is 10.6 Å². The Morgan fingerprint density at radius 3 is 2.75 bits per heavy atom. The van der Waals surface area contributed by atoms with Crippen LogP contribution in [0.2, 0.25) is 5.02 Å². The van der Waals surface area contributed by atoms with Crippen LogP contribution in [-0.4, -0.2) is 17.9 Å². The van der Waals surface area contributed by atoms with Gasteiger partial charge in [-0.25, -0.2) is 0 Å². The molecular formula is C19H16ClN3O. The lowest BCUT2D eigenvalue weighted by molar-refractivity contribution is -0.111. The Bertz CT molecular complexity index is 937. The van der Waals surface area contributed by atoms with E-state index in [1.807, 2.05) is 37.4 Å². The van der Waals surface area contributed by atoms with Gasteiger partial charge in [-0.15, -0.1) is 0 Å². The molecule has 0 atom stereocenters. The molecular weight excluding hydrogens is 322 g/mol. The Morgan fingerprint density at radius 2 is 2.00 bits per heavy atom. The van der Waals surface area contributed by atoms with Crippen LogP contribution in [-0.2, 0) is 4.79 Å². The van der Waals surface area contributed by atoms with Gasteiger partial charge in [0.1, 0.15) is 0 Å². The van der Waals surface area contributed by atoms with Crippen LogP contribution in [0.15, 0.2) is 61.3 Å². The molecule has 2 N–H and O–H groups in total. The van der Waals surface area contributed by atoms with Crippen molar-refractivity contribution in [3.8, 4) is 11.1 Å². The van der Waals surface area contributed by atoms with Gasteiger partial charge in [0.15, 0.2) is 0 Å². The van der Waals surface area contributed by atoms with Crippen LogP contribution in [0.5, 0.6) is 0 Å². The number of aromatic nitrogens is 1. The van der Waals surface area contributed by atoms with Gasteiger partial charge in [0.05, 0.1) is 5.52 Å². The molecule has 0 bridgehead atoms. The predicted molar refractivity (Wildman–Crippen MR) is 101 cm³/mol. The molecule has 0 aliphatic rings. The molecule has 0 spiro atoms. The third-order valence-electron chi connectivity index (χ3n) is 3.69. The first-order chi connectivity index (χ1) is 11.6. The Kier molecular flexibility index (Phi) is 4.49. The van der Waals surface area contributed by atoms with Crippen LogP contribution in [0, 0.1) is 0 Å². The van der Waals surface area contributed by atoms with Crippen LogP contribution in [0.25, 0.3) is 22.0 Å². The molecule has 1 aromatic heterocycles. The minimum Gasteiger partial charge on any atom is -0.388 e. The van der Waals surface area contributed by atoms with Crippen molar-refractivity contribution in [3.63, 3.8) is 0 Å². The topological polar surface area (TPSA) is 54.0 Å². The molecule has 0 unspecified atom stereocenters. The Balaban J connectivity index is 2.09. The summed E-state index contributed by atoms with van der Waals surface area (Å²) in [5.74, 6) is -0.275. The third-order valence-corrected chi connectivity index (χ3v) is 3.91. The lowest BCUT2D eigenvalue weighted by atomic mass is 10.0. The number of rotatable bonds is 4. The number of pyridine rings is 1. The fourth-order valence-corrected chi connectivity index (χ4v) is 2.80. The highest BCUT2D eigenvalue weighted by Gasteiger charge is 2.07. The van der Waals surface area contributed by atoms with Gasteiger partial charge in [-0.3, -0.25) is 9.78 Å². The van der Waals surface area contributed by atoms with Crippen molar-refractivity contribution in [1.82, 2.24) is 4.98 Å². The maximum absolute atomic E-state index is 11.5. The van der Waals surface area contributed by atoms with Crippen molar-refractivity contribution >= 4 is 39.8 Å². The summed E-state index contributed by atoms with van der Waals surface area (Å²) in [4.78, 5) is 15.9. The minimum atomic E-state index is -0.275. The summed E-state index contributed by atoms with van der Waals surface area (Å²) in [6, 6.07) is 13.4. The van der Waals surface area contributed by atoms with E-state index in [-0.39, 0.29) is 5.91 Å². The number of amides is 1. The number of nitrogens with one attached hydrogen (secondary N) is 2. The van der Waals surface area contributed by atoms with Gasteiger partial charge < -0.3 is 10.6 Å². The second kappa shape index (κ2) is 6.72. The van der Waals surface area contributed by atoms with Crippen molar-refractivity contribution in [1.29, 1.82) is 0 Å². The molecule has 120 valence electrons. The van der Waals surface area contributed by atoms with Gasteiger partial charge in [-0.05, 0) is 53.6 Å². The fourth-order valence-electron chi connectivity index (χ4n) is 2.57. The van der Waals surface area contributed by atoms with E-state index in [1.165, 1.54) is 6.08 Å². The molecule has 4 nitrogen and oxygen atoms in total. The van der Waals surface area contributed by atoms with Crippen molar-refractivity contribution in [2.24, 2.45) is 0 Å². The zero-order valence-corrected chi connectivity index (χ0v) is 13.9. The van der Waals surface area contributed by atoms with Crippen molar-refractivity contribution < 1.29 is 4.79 Å². The number of carbonyl (C=O) groups is 1. The number of fused-ring (bicyclic) bond motifs is 1. The van der Waals surface area contributed by atoms with E-state index in [1.54, 1.807) is 12.3 Å². The molecule has 0 aliphatic carbocycles. The molecule has 3 aromatic rings. The van der Waals surface area contributed by atoms with E-state index < -0.39 is 0 Å². The minimum absolute atomic E-state index is 0.275. The summed E-state index contributed by atoms with van der Waals surface area (Å²) in [5, 5.41) is 7.48. The van der Waals surface area contributed by atoms with E-state index in [0.717, 1.165) is 27.7 Å². The normalized spacial score (nSPS) is 10.4. The smallest absolute Gasteiger partial charge is 0.247 e.